The van der Waals surface area contributed by atoms with Crippen LogP contribution in [0, 0.1) is 12.8 Å². The van der Waals surface area contributed by atoms with Gasteiger partial charge in [0.25, 0.3) is 0 Å². The molecule has 3 heteroatoms. The second kappa shape index (κ2) is 7.80. The molecule has 0 atom stereocenters. The van der Waals surface area contributed by atoms with E-state index in [1.807, 2.05) is 12.1 Å². The van der Waals surface area contributed by atoms with Gasteiger partial charge in [0.15, 0.2) is 0 Å². The van der Waals surface area contributed by atoms with Gasteiger partial charge in [-0.05, 0) is 55.5 Å². The minimum Gasteiger partial charge on any atom is -0.489 e. The molecule has 3 rings (SSSR count). The molecule has 0 unspecified atom stereocenters. The van der Waals surface area contributed by atoms with Crippen molar-refractivity contribution in [3.8, 4) is 5.75 Å². The van der Waals surface area contributed by atoms with Crippen molar-refractivity contribution in [2.75, 3.05) is 13.1 Å². The van der Waals surface area contributed by atoms with Crippen LogP contribution in [0.4, 0.5) is 0 Å². The molecule has 0 radical (unpaired) electrons. The summed E-state index contributed by atoms with van der Waals surface area (Å²) in [6.07, 6.45) is 2.47. The fourth-order valence-electron chi connectivity index (χ4n) is 3.06. The Morgan fingerprint density at radius 3 is 2.50 bits per heavy atom. The minimum absolute atomic E-state index is 0.593. The highest BCUT2D eigenvalue weighted by Gasteiger charge is 2.18. The summed E-state index contributed by atoms with van der Waals surface area (Å²) in [5, 5.41) is 0. The van der Waals surface area contributed by atoms with Crippen molar-refractivity contribution in [3.05, 3.63) is 65.2 Å². The molecular formula is C21H25NOS. The van der Waals surface area contributed by atoms with Crippen LogP contribution in [-0.2, 0) is 6.61 Å². The Morgan fingerprint density at radius 2 is 1.83 bits per heavy atom. The number of hydrogen-bond acceptors (Lipinski definition) is 2. The maximum atomic E-state index is 5.88. The number of ether oxygens (including phenoxy) is 1. The molecule has 2 aromatic rings. The van der Waals surface area contributed by atoms with E-state index in [4.69, 9.17) is 17.0 Å². The molecule has 126 valence electrons. The number of thiocarbonyl (C=S) groups is 1. The Morgan fingerprint density at radius 1 is 1.12 bits per heavy atom. The number of rotatable bonds is 4. The number of likely N-dealkylation sites (tertiary alicyclic amines) is 1. The first kappa shape index (κ1) is 17.0. The van der Waals surface area contributed by atoms with Crippen LogP contribution in [-0.4, -0.2) is 23.0 Å². The van der Waals surface area contributed by atoms with E-state index in [0.717, 1.165) is 35.3 Å². The predicted molar refractivity (Wildman–Crippen MR) is 104 cm³/mol. The first-order chi connectivity index (χ1) is 11.6. The number of benzene rings is 2. The largest absolute Gasteiger partial charge is 0.489 e. The Balaban J connectivity index is 1.58. The summed E-state index contributed by atoms with van der Waals surface area (Å²) in [5.41, 5.74) is 3.56. The number of piperidine rings is 1. The Kier molecular flexibility index (Phi) is 5.52. The lowest BCUT2D eigenvalue weighted by Crippen LogP contribution is -2.37. The summed E-state index contributed by atoms with van der Waals surface area (Å²) in [6, 6.07) is 16.6. The van der Waals surface area contributed by atoms with E-state index in [-0.39, 0.29) is 0 Å². The van der Waals surface area contributed by atoms with Crippen LogP contribution < -0.4 is 4.74 Å². The molecule has 1 saturated heterocycles. The molecule has 1 aliphatic rings. The van der Waals surface area contributed by atoms with Gasteiger partial charge in [0, 0.05) is 18.7 Å². The van der Waals surface area contributed by atoms with Gasteiger partial charge in [0.2, 0.25) is 0 Å². The van der Waals surface area contributed by atoms with Gasteiger partial charge in [-0.2, -0.15) is 0 Å². The van der Waals surface area contributed by atoms with Crippen LogP contribution in [0.25, 0.3) is 0 Å². The van der Waals surface area contributed by atoms with Crippen LogP contribution >= 0.6 is 12.2 Å². The van der Waals surface area contributed by atoms with Gasteiger partial charge in [0.1, 0.15) is 17.3 Å². The molecule has 24 heavy (non-hydrogen) atoms. The lowest BCUT2D eigenvalue weighted by Gasteiger charge is -2.32. The number of nitrogens with zero attached hydrogens (tertiary/aromatic N) is 1. The summed E-state index contributed by atoms with van der Waals surface area (Å²) in [4.78, 5) is 3.30. The first-order valence-corrected chi connectivity index (χ1v) is 9.10. The molecule has 1 heterocycles. The fraction of sp³-hybridized carbons (Fsp3) is 0.381. The van der Waals surface area contributed by atoms with Gasteiger partial charge in [-0.25, -0.2) is 0 Å². The topological polar surface area (TPSA) is 12.5 Å². The second-order valence-electron chi connectivity index (χ2n) is 6.78. The molecule has 2 nitrogen and oxygen atoms in total. The van der Waals surface area contributed by atoms with Crippen molar-refractivity contribution >= 4 is 17.2 Å². The minimum atomic E-state index is 0.593. The van der Waals surface area contributed by atoms with Gasteiger partial charge >= 0.3 is 0 Å². The molecule has 1 fully saturated rings. The van der Waals surface area contributed by atoms with Crippen LogP contribution in [0.2, 0.25) is 0 Å². The maximum absolute atomic E-state index is 5.88. The summed E-state index contributed by atoms with van der Waals surface area (Å²) in [6.45, 7) is 7.16. The quantitative estimate of drug-likeness (QED) is 0.729. The van der Waals surface area contributed by atoms with Crippen LogP contribution in [0.15, 0.2) is 48.5 Å². The average molecular weight is 340 g/mol. The Labute approximate surface area is 150 Å². The van der Waals surface area contributed by atoms with E-state index in [0.29, 0.717) is 6.61 Å². The lowest BCUT2D eigenvalue weighted by molar-refractivity contribution is 0.284. The molecular weight excluding hydrogens is 314 g/mol. The molecule has 0 amide bonds. The van der Waals surface area contributed by atoms with Crippen LogP contribution in [0.3, 0.4) is 0 Å². The van der Waals surface area contributed by atoms with E-state index in [9.17, 15) is 0 Å². The zero-order chi connectivity index (χ0) is 16.9. The van der Waals surface area contributed by atoms with Crippen LogP contribution in [0.5, 0.6) is 5.75 Å². The summed E-state index contributed by atoms with van der Waals surface area (Å²) in [7, 11) is 0. The summed E-state index contributed by atoms with van der Waals surface area (Å²) < 4.78 is 5.88. The highest BCUT2D eigenvalue weighted by Crippen LogP contribution is 2.21. The van der Waals surface area contributed by atoms with Crippen molar-refractivity contribution < 1.29 is 4.74 Å². The Hall–Kier alpha value is -1.87. The van der Waals surface area contributed by atoms with E-state index < -0.39 is 0 Å². The third-order valence-corrected chi connectivity index (χ3v) is 5.15. The van der Waals surface area contributed by atoms with E-state index in [2.05, 4.69) is 55.1 Å². The third-order valence-electron chi connectivity index (χ3n) is 4.66. The zero-order valence-electron chi connectivity index (χ0n) is 14.5. The highest BCUT2D eigenvalue weighted by atomic mass is 32.1. The standard InChI is InChI=1S/C21H25NOS/c1-16-10-12-22(13-11-16)21(24)19-6-8-20(9-7-19)23-15-18-5-3-4-17(2)14-18/h3-9,14,16H,10-13,15H2,1-2H3. The SMILES string of the molecule is Cc1cccc(COc2ccc(C(=S)N3CCC(C)CC3)cc2)c1. The van der Waals surface area contributed by atoms with Gasteiger partial charge < -0.3 is 9.64 Å². The number of hydrogen-bond donors (Lipinski definition) is 0. The molecule has 0 aliphatic carbocycles. The van der Waals surface area contributed by atoms with Gasteiger partial charge in [0.05, 0.1) is 0 Å². The van der Waals surface area contributed by atoms with Crippen molar-refractivity contribution in [2.24, 2.45) is 5.92 Å². The zero-order valence-corrected chi connectivity index (χ0v) is 15.3. The molecule has 0 spiro atoms. The van der Waals surface area contributed by atoms with Crippen molar-refractivity contribution in [1.29, 1.82) is 0 Å². The van der Waals surface area contributed by atoms with Crippen LogP contribution in [0.1, 0.15) is 36.5 Å². The summed E-state index contributed by atoms with van der Waals surface area (Å²) in [5.74, 6) is 1.71. The summed E-state index contributed by atoms with van der Waals surface area (Å²) >= 11 is 5.66. The monoisotopic (exact) mass is 339 g/mol. The van der Waals surface area contributed by atoms with Crippen molar-refractivity contribution in [2.45, 2.75) is 33.3 Å². The van der Waals surface area contributed by atoms with Gasteiger partial charge in [-0.3, -0.25) is 0 Å². The number of aryl methyl sites for hydroxylation is 1. The molecule has 2 aromatic carbocycles. The van der Waals surface area contributed by atoms with E-state index in [1.54, 1.807) is 0 Å². The highest BCUT2D eigenvalue weighted by molar-refractivity contribution is 7.80. The second-order valence-corrected chi connectivity index (χ2v) is 7.16. The third kappa shape index (κ3) is 4.35. The fourth-order valence-corrected chi connectivity index (χ4v) is 3.38. The molecule has 0 aromatic heterocycles. The lowest BCUT2D eigenvalue weighted by atomic mass is 9.99. The van der Waals surface area contributed by atoms with Crippen molar-refractivity contribution in [1.82, 2.24) is 4.90 Å². The average Bonchev–Trinajstić information content (AvgIpc) is 2.61. The molecule has 1 aliphatic heterocycles. The van der Waals surface area contributed by atoms with E-state index in [1.165, 1.54) is 24.0 Å². The smallest absolute Gasteiger partial charge is 0.119 e. The Bertz CT molecular complexity index is 687. The molecule has 0 N–H and O–H groups in total. The molecule has 0 bridgehead atoms. The first-order valence-electron chi connectivity index (χ1n) is 8.69. The maximum Gasteiger partial charge on any atom is 0.119 e. The normalized spacial score (nSPS) is 15.3. The molecule has 0 saturated carbocycles. The predicted octanol–water partition coefficient (Wildman–Crippen LogP) is 4.98. The van der Waals surface area contributed by atoms with Gasteiger partial charge in [-0.15, -0.1) is 0 Å². The van der Waals surface area contributed by atoms with E-state index >= 15 is 0 Å². The van der Waals surface area contributed by atoms with Crippen molar-refractivity contribution in [3.63, 3.8) is 0 Å². The van der Waals surface area contributed by atoms with Gasteiger partial charge in [-0.1, -0.05) is 49.0 Å².